The summed E-state index contributed by atoms with van der Waals surface area (Å²) in [5, 5.41) is 6.63. The fourth-order valence-corrected chi connectivity index (χ4v) is 2.70. The zero-order valence-electron chi connectivity index (χ0n) is 15.5. The smallest absolute Gasteiger partial charge is 0.316 e. The van der Waals surface area contributed by atoms with Crippen molar-refractivity contribution < 1.29 is 23.5 Å². The van der Waals surface area contributed by atoms with Crippen molar-refractivity contribution in [2.24, 2.45) is 0 Å². The molecule has 2 aromatic carbocycles. The van der Waals surface area contributed by atoms with Gasteiger partial charge in [0.05, 0.1) is 6.10 Å². The Morgan fingerprint density at radius 1 is 1.14 bits per heavy atom. The van der Waals surface area contributed by atoms with Crippen molar-refractivity contribution in [1.82, 2.24) is 15.5 Å². The molecule has 0 bridgehead atoms. The van der Waals surface area contributed by atoms with Gasteiger partial charge < -0.3 is 24.1 Å². The molecule has 0 radical (unpaired) electrons. The molecule has 0 spiro atoms. The Kier molecular flexibility index (Phi) is 4.84. The van der Waals surface area contributed by atoms with Crippen LogP contribution in [0, 0.1) is 0 Å². The normalized spacial score (nSPS) is 12.2. The lowest BCUT2D eigenvalue weighted by Crippen LogP contribution is -2.23. The summed E-state index contributed by atoms with van der Waals surface area (Å²) >= 11 is 0. The zero-order chi connectivity index (χ0) is 19.5. The first-order valence-electron chi connectivity index (χ1n) is 8.86. The minimum absolute atomic E-state index is 0.0936. The van der Waals surface area contributed by atoms with Crippen LogP contribution in [-0.2, 0) is 6.54 Å². The van der Waals surface area contributed by atoms with E-state index >= 15 is 0 Å². The highest BCUT2D eigenvalue weighted by molar-refractivity contribution is 5.89. The first-order chi connectivity index (χ1) is 13.6. The Morgan fingerprint density at radius 2 is 1.93 bits per heavy atom. The van der Waals surface area contributed by atoms with E-state index in [1.807, 2.05) is 50.2 Å². The number of nitrogens with zero attached hydrogens (tertiary/aromatic N) is 2. The highest BCUT2D eigenvalue weighted by Gasteiger charge is 2.17. The molecule has 144 valence electrons. The molecular weight excluding hydrogens is 362 g/mol. The van der Waals surface area contributed by atoms with Gasteiger partial charge in [-0.15, -0.1) is 0 Å². The third-order valence-corrected chi connectivity index (χ3v) is 3.99. The molecule has 2 heterocycles. The van der Waals surface area contributed by atoms with Crippen LogP contribution in [0.25, 0.3) is 11.4 Å². The van der Waals surface area contributed by atoms with Gasteiger partial charge in [0.1, 0.15) is 5.75 Å². The number of carbonyl (C=O) groups is 1. The Hall–Kier alpha value is -3.55. The highest BCUT2D eigenvalue weighted by Crippen LogP contribution is 2.32. The molecule has 8 heteroatoms. The number of ether oxygens (including phenoxy) is 3. The largest absolute Gasteiger partial charge is 0.491 e. The fourth-order valence-electron chi connectivity index (χ4n) is 2.70. The van der Waals surface area contributed by atoms with Crippen molar-refractivity contribution >= 4 is 5.91 Å². The van der Waals surface area contributed by atoms with E-state index in [9.17, 15) is 4.79 Å². The van der Waals surface area contributed by atoms with Crippen molar-refractivity contribution in [2.45, 2.75) is 26.5 Å². The molecule has 0 fully saturated rings. The summed E-state index contributed by atoms with van der Waals surface area (Å²) in [5.74, 6) is 1.90. The predicted octanol–water partition coefficient (Wildman–Crippen LogP) is 3.18. The number of benzene rings is 2. The van der Waals surface area contributed by atoms with Gasteiger partial charge in [-0.3, -0.25) is 4.79 Å². The lowest BCUT2D eigenvalue weighted by atomic mass is 10.2. The van der Waals surface area contributed by atoms with E-state index in [1.54, 1.807) is 6.07 Å². The Bertz CT molecular complexity index is 982. The van der Waals surface area contributed by atoms with E-state index in [2.05, 4.69) is 15.5 Å². The fraction of sp³-hybridized carbons (Fsp3) is 0.250. The number of aromatic nitrogens is 2. The van der Waals surface area contributed by atoms with Crippen LogP contribution >= 0.6 is 0 Å². The minimum atomic E-state index is -0.448. The summed E-state index contributed by atoms with van der Waals surface area (Å²) < 4.78 is 21.3. The van der Waals surface area contributed by atoms with Crippen molar-refractivity contribution in [2.75, 3.05) is 6.79 Å². The van der Waals surface area contributed by atoms with E-state index in [-0.39, 0.29) is 18.8 Å². The van der Waals surface area contributed by atoms with Gasteiger partial charge in [-0.1, -0.05) is 11.2 Å². The van der Waals surface area contributed by atoms with Gasteiger partial charge in [0.25, 0.3) is 0 Å². The third-order valence-electron chi connectivity index (χ3n) is 3.99. The summed E-state index contributed by atoms with van der Waals surface area (Å²) in [6.45, 7) is 4.43. The quantitative estimate of drug-likeness (QED) is 0.700. The number of fused-ring (bicyclic) bond motifs is 1. The van der Waals surface area contributed by atoms with Gasteiger partial charge in [0.2, 0.25) is 12.6 Å². The molecular formula is C20H19N3O5. The number of hydrogen-bond acceptors (Lipinski definition) is 7. The van der Waals surface area contributed by atoms with Gasteiger partial charge >= 0.3 is 11.8 Å². The SMILES string of the molecule is CC(C)Oc1ccc(-c2noc(C(=O)NCc3ccc4c(c3)OCO4)n2)cc1. The van der Waals surface area contributed by atoms with E-state index in [1.165, 1.54) is 0 Å². The maximum Gasteiger partial charge on any atom is 0.316 e. The van der Waals surface area contributed by atoms with Crippen LogP contribution in [0.4, 0.5) is 0 Å². The van der Waals surface area contributed by atoms with Crippen LogP contribution in [0.2, 0.25) is 0 Å². The van der Waals surface area contributed by atoms with E-state index in [4.69, 9.17) is 18.7 Å². The Labute approximate surface area is 161 Å². The van der Waals surface area contributed by atoms with E-state index in [0.29, 0.717) is 23.9 Å². The van der Waals surface area contributed by atoms with Crippen molar-refractivity contribution in [1.29, 1.82) is 0 Å². The monoisotopic (exact) mass is 381 g/mol. The molecule has 4 rings (SSSR count). The van der Waals surface area contributed by atoms with Crippen molar-refractivity contribution in [3.05, 3.63) is 53.9 Å². The van der Waals surface area contributed by atoms with Crippen LogP contribution in [0.3, 0.4) is 0 Å². The number of hydrogen-bond donors (Lipinski definition) is 1. The highest BCUT2D eigenvalue weighted by atomic mass is 16.7. The summed E-state index contributed by atoms with van der Waals surface area (Å²) in [7, 11) is 0. The molecule has 0 saturated carbocycles. The Morgan fingerprint density at radius 3 is 2.71 bits per heavy atom. The summed E-state index contributed by atoms with van der Waals surface area (Å²) in [4.78, 5) is 16.5. The van der Waals surface area contributed by atoms with Crippen LogP contribution in [0.15, 0.2) is 47.0 Å². The molecule has 0 saturated heterocycles. The van der Waals surface area contributed by atoms with Crippen LogP contribution < -0.4 is 19.5 Å². The van der Waals surface area contributed by atoms with Crippen LogP contribution in [0.5, 0.6) is 17.2 Å². The van der Waals surface area contributed by atoms with Gasteiger partial charge in [-0.2, -0.15) is 4.98 Å². The lowest BCUT2D eigenvalue weighted by Gasteiger charge is -2.09. The third kappa shape index (κ3) is 3.90. The standard InChI is InChI=1S/C20H19N3O5/c1-12(2)27-15-6-4-14(5-7-15)18-22-20(28-23-18)19(24)21-10-13-3-8-16-17(9-13)26-11-25-16/h3-9,12H,10-11H2,1-2H3,(H,21,24). The molecule has 1 aromatic heterocycles. The van der Waals surface area contributed by atoms with E-state index in [0.717, 1.165) is 16.9 Å². The predicted molar refractivity (Wildman–Crippen MR) is 99.2 cm³/mol. The zero-order valence-corrected chi connectivity index (χ0v) is 15.5. The molecule has 1 N–H and O–H groups in total. The second kappa shape index (κ2) is 7.59. The average Bonchev–Trinajstić information content (AvgIpc) is 3.35. The second-order valence-electron chi connectivity index (χ2n) is 6.48. The Balaban J connectivity index is 1.39. The topological polar surface area (TPSA) is 95.7 Å². The maximum absolute atomic E-state index is 12.3. The summed E-state index contributed by atoms with van der Waals surface area (Å²) in [6.07, 6.45) is 0.0936. The maximum atomic E-state index is 12.3. The molecule has 1 aliphatic rings. The molecule has 3 aromatic rings. The number of amides is 1. The first kappa shape index (κ1) is 17.8. The molecule has 1 amide bonds. The molecule has 1 aliphatic heterocycles. The lowest BCUT2D eigenvalue weighted by molar-refractivity contribution is 0.0907. The molecule has 0 unspecified atom stereocenters. The van der Waals surface area contributed by atoms with Gasteiger partial charge in [0, 0.05) is 12.1 Å². The molecule has 8 nitrogen and oxygen atoms in total. The molecule has 0 atom stereocenters. The summed E-state index contributed by atoms with van der Waals surface area (Å²) in [6, 6.07) is 12.8. The average molecular weight is 381 g/mol. The van der Waals surface area contributed by atoms with Gasteiger partial charge in [-0.05, 0) is 55.8 Å². The number of carbonyl (C=O) groups excluding carboxylic acids is 1. The van der Waals surface area contributed by atoms with Crippen LogP contribution in [-0.4, -0.2) is 28.9 Å². The number of nitrogens with one attached hydrogen (secondary N) is 1. The molecule has 0 aliphatic carbocycles. The van der Waals surface area contributed by atoms with Crippen molar-refractivity contribution in [3.8, 4) is 28.6 Å². The molecule has 28 heavy (non-hydrogen) atoms. The second-order valence-corrected chi connectivity index (χ2v) is 6.48. The summed E-state index contributed by atoms with van der Waals surface area (Å²) in [5.41, 5.74) is 1.60. The van der Waals surface area contributed by atoms with Crippen molar-refractivity contribution in [3.63, 3.8) is 0 Å². The minimum Gasteiger partial charge on any atom is -0.491 e. The first-order valence-corrected chi connectivity index (χ1v) is 8.86. The van der Waals surface area contributed by atoms with Gasteiger partial charge in [-0.25, -0.2) is 0 Å². The van der Waals surface area contributed by atoms with Gasteiger partial charge in [0.15, 0.2) is 11.5 Å². The van der Waals surface area contributed by atoms with Crippen LogP contribution in [0.1, 0.15) is 30.1 Å². The number of rotatable bonds is 6. The van der Waals surface area contributed by atoms with E-state index < -0.39 is 5.91 Å².